The standard InChI is InChI=1S/C22H24N2O3S/c25-28(26,19-13-7-4-8-14-19)21-22(24-15-9-1-2-10-16-24)27-20(23-21)17-18-11-5-3-6-12-18/h3-8,11-14H,1-2,9-10,15-17H2. The molecule has 0 spiro atoms. The van der Waals surface area contributed by atoms with E-state index in [9.17, 15) is 8.42 Å². The van der Waals surface area contributed by atoms with Crippen LogP contribution in [0.1, 0.15) is 37.1 Å². The lowest BCUT2D eigenvalue weighted by molar-refractivity contribution is 0.493. The van der Waals surface area contributed by atoms with Gasteiger partial charge >= 0.3 is 0 Å². The van der Waals surface area contributed by atoms with E-state index in [2.05, 4.69) is 4.98 Å². The summed E-state index contributed by atoms with van der Waals surface area (Å²) in [6.45, 7) is 1.58. The fourth-order valence-corrected chi connectivity index (χ4v) is 4.91. The SMILES string of the molecule is O=S(=O)(c1ccccc1)c1nc(Cc2ccccc2)oc1N1CCCCCC1. The molecule has 0 saturated carbocycles. The minimum absolute atomic E-state index is 0.0338. The summed E-state index contributed by atoms with van der Waals surface area (Å²) < 4.78 is 32.7. The molecule has 0 unspecified atom stereocenters. The topological polar surface area (TPSA) is 63.4 Å². The normalized spacial score (nSPS) is 15.4. The zero-order valence-corrected chi connectivity index (χ0v) is 16.6. The lowest BCUT2D eigenvalue weighted by Gasteiger charge is -2.20. The highest BCUT2D eigenvalue weighted by molar-refractivity contribution is 7.91. The molecule has 1 aromatic heterocycles. The molecule has 4 rings (SSSR count). The maximum Gasteiger partial charge on any atom is 0.236 e. The minimum Gasteiger partial charge on any atom is -0.423 e. The van der Waals surface area contributed by atoms with Crippen molar-refractivity contribution >= 4 is 15.7 Å². The van der Waals surface area contributed by atoms with E-state index < -0.39 is 9.84 Å². The Morgan fingerprint density at radius 2 is 1.46 bits per heavy atom. The summed E-state index contributed by atoms with van der Waals surface area (Å²) in [4.78, 5) is 6.75. The van der Waals surface area contributed by atoms with Crippen LogP contribution in [0.25, 0.3) is 0 Å². The lowest BCUT2D eigenvalue weighted by Crippen LogP contribution is -2.25. The van der Waals surface area contributed by atoms with Crippen LogP contribution in [0.15, 0.2) is 75.0 Å². The zero-order valence-electron chi connectivity index (χ0n) is 15.8. The predicted octanol–water partition coefficient (Wildman–Crippen LogP) is 4.48. The van der Waals surface area contributed by atoms with Crippen LogP contribution in [0.3, 0.4) is 0 Å². The molecule has 6 heteroatoms. The minimum atomic E-state index is -3.75. The van der Waals surface area contributed by atoms with Gasteiger partial charge in [0.1, 0.15) is 0 Å². The third-order valence-corrected chi connectivity index (χ3v) is 6.69. The molecule has 3 aromatic rings. The van der Waals surface area contributed by atoms with Crippen LogP contribution in [0.2, 0.25) is 0 Å². The van der Waals surface area contributed by atoms with E-state index in [0.29, 0.717) is 18.2 Å². The number of oxazole rings is 1. The highest BCUT2D eigenvalue weighted by atomic mass is 32.2. The fraction of sp³-hybridized carbons (Fsp3) is 0.318. The van der Waals surface area contributed by atoms with Gasteiger partial charge in [0.2, 0.25) is 26.6 Å². The first-order chi connectivity index (χ1) is 13.6. The van der Waals surface area contributed by atoms with E-state index >= 15 is 0 Å². The van der Waals surface area contributed by atoms with Crippen molar-refractivity contribution in [2.45, 2.75) is 42.0 Å². The van der Waals surface area contributed by atoms with Crippen molar-refractivity contribution in [3.05, 3.63) is 72.1 Å². The molecule has 0 atom stereocenters. The molecule has 0 radical (unpaired) electrons. The van der Waals surface area contributed by atoms with Crippen molar-refractivity contribution in [3.8, 4) is 0 Å². The van der Waals surface area contributed by atoms with E-state index in [0.717, 1.165) is 44.3 Å². The van der Waals surface area contributed by atoms with Crippen molar-refractivity contribution in [3.63, 3.8) is 0 Å². The van der Waals surface area contributed by atoms with Crippen molar-refractivity contribution < 1.29 is 12.8 Å². The summed E-state index contributed by atoms with van der Waals surface area (Å²) in [5.74, 6) is 0.816. The average Bonchev–Trinajstić information content (AvgIpc) is 2.96. The Balaban J connectivity index is 1.76. The predicted molar refractivity (Wildman–Crippen MR) is 108 cm³/mol. The lowest BCUT2D eigenvalue weighted by atomic mass is 10.2. The first kappa shape index (κ1) is 18.7. The molecule has 2 aromatic carbocycles. The number of hydrogen-bond donors (Lipinski definition) is 0. The molecule has 146 valence electrons. The first-order valence-electron chi connectivity index (χ1n) is 9.73. The second-order valence-electron chi connectivity index (χ2n) is 7.10. The van der Waals surface area contributed by atoms with E-state index in [1.165, 1.54) is 0 Å². The van der Waals surface area contributed by atoms with E-state index in [1.807, 2.05) is 35.2 Å². The van der Waals surface area contributed by atoms with Crippen molar-refractivity contribution in [1.82, 2.24) is 4.98 Å². The van der Waals surface area contributed by atoms with E-state index in [-0.39, 0.29) is 9.92 Å². The number of benzene rings is 2. The Bertz CT molecular complexity index is 1010. The van der Waals surface area contributed by atoms with Crippen LogP contribution >= 0.6 is 0 Å². The molecule has 1 saturated heterocycles. The first-order valence-corrected chi connectivity index (χ1v) is 11.2. The summed E-state index contributed by atoms with van der Waals surface area (Å²) in [5.41, 5.74) is 1.04. The molecule has 0 bridgehead atoms. The Hall–Kier alpha value is -2.60. The Morgan fingerprint density at radius 3 is 2.11 bits per heavy atom. The van der Waals surface area contributed by atoms with Gasteiger partial charge in [-0.15, -0.1) is 0 Å². The second-order valence-corrected chi connectivity index (χ2v) is 8.96. The maximum atomic E-state index is 13.3. The van der Waals surface area contributed by atoms with E-state index in [1.54, 1.807) is 30.3 Å². The van der Waals surface area contributed by atoms with Gasteiger partial charge in [-0.1, -0.05) is 61.4 Å². The van der Waals surface area contributed by atoms with Crippen molar-refractivity contribution in [2.75, 3.05) is 18.0 Å². The Morgan fingerprint density at radius 1 is 0.857 bits per heavy atom. The number of nitrogens with zero attached hydrogens (tertiary/aromatic N) is 2. The average molecular weight is 397 g/mol. The van der Waals surface area contributed by atoms with Crippen LogP contribution < -0.4 is 4.90 Å². The van der Waals surface area contributed by atoms with Gasteiger partial charge in [0.15, 0.2) is 0 Å². The molecule has 0 aliphatic carbocycles. The van der Waals surface area contributed by atoms with Crippen LogP contribution in [-0.4, -0.2) is 26.5 Å². The monoisotopic (exact) mass is 396 g/mol. The molecule has 2 heterocycles. The highest BCUT2D eigenvalue weighted by Crippen LogP contribution is 2.33. The van der Waals surface area contributed by atoms with Gasteiger partial charge in [0.25, 0.3) is 0 Å². The molecule has 0 N–H and O–H groups in total. The second kappa shape index (κ2) is 8.19. The van der Waals surface area contributed by atoms with Gasteiger partial charge < -0.3 is 9.32 Å². The van der Waals surface area contributed by atoms with Gasteiger partial charge in [-0.25, -0.2) is 8.42 Å². The molecule has 0 amide bonds. The third kappa shape index (κ3) is 3.97. The Labute approximate surface area is 165 Å². The third-order valence-electron chi connectivity index (χ3n) is 5.02. The van der Waals surface area contributed by atoms with Gasteiger partial charge in [-0.3, -0.25) is 0 Å². The fourth-order valence-electron chi connectivity index (χ4n) is 3.55. The quantitative estimate of drug-likeness (QED) is 0.636. The number of sulfone groups is 1. The summed E-state index contributed by atoms with van der Waals surface area (Å²) >= 11 is 0. The smallest absolute Gasteiger partial charge is 0.236 e. The van der Waals surface area contributed by atoms with Crippen LogP contribution in [-0.2, 0) is 16.3 Å². The molecular formula is C22H24N2O3S. The van der Waals surface area contributed by atoms with Crippen LogP contribution in [0.5, 0.6) is 0 Å². The molecule has 5 nitrogen and oxygen atoms in total. The van der Waals surface area contributed by atoms with E-state index in [4.69, 9.17) is 4.42 Å². The molecule has 1 aliphatic heterocycles. The molecule has 1 fully saturated rings. The molecule has 28 heavy (non-hydrogen) atoms. The summed E-state index contributed by atoms with van der Waals surface area (Å²) in [5, 5.41) is 0.0338. The Kier molecular flexibility index (Phi) is 5.48. The largest absolute Gasteiger partial charge is 0.423 e. The summed E-state index contributed by atoms with van der Waals surface area (Å²) in [6, 6.07) is 18.3. The van der Waals surface area contributed by atoms with Crippen LogP contribution in [0, 0.1) is 0 Å². The van der Waals surface area contributed by atoms with Gasteiger partial charge in [-0.05, 0) is 30.5 Å². The van der Waals surface area contributed by atoms with Gasteiger partial charge in [-0.2, -0.15) is 4.98 Å². The summed E-state index contributed by atoms with van der Waals surface area (Å²) in [6.07, 6.45) is 4.83. The zero-order chi connectivity index (χ0) is 19.4. The van der Waals surface area contributed by atoms with Crippen molar-refractivity contribution in [1.29, 1.82) is 0 Å². The number of rotatable bonds is 5. The summed E-state index contributed by atoms with van der Waals surface area (Å²) in [7, 11) is -3.75. The van der Waals surface area contributed by atoms with Gasteiger partial charge in [0, 0.05) is 19.5 Å². The number of aromatic nitrogens is 1. The highest BCUT2D eigenvalue weighted by Gasteiger charge is 2.31. The molecular weight excluding hydrogens is 372 g/mol. The number of anilines is 1. The van der Waals surface area contributed by atoms with Gasteiger partial charge in [0.05, 0.1) is 4.90 Å². The van der Waals surface area contributed by atoms with Crippen LogP contribution in [0.4, 0.5) is 5.88 Å². The molecule has 1 aliphatic rings. The van der Waals surface area contributed by atoms with Crippen molar-refractivity contribution in [2.24, 2.45) is 0 Å². The number of hydrogen-bond acceptors (Lipinski definition) is 5. The maximum absolute atomic E-state index is 13.3.